The SMILES string of the molecule is CN(C)CCCSC[C@@H](N)C(=O)O. The van der Waals surface area contributed by atoms with Gasteiger partial charge in [-0.2, -0.15) is 11.8 Å². The normalized spacial score (nSPS) is 13.2. The Morgan fingerprint density at radius 1 is 1.62 bits per heavy atom. The number of hydrogen-bond donors (Lipinski definition) is 2. The highest BCUT2D eigenvalue weighted by Gasteiger charge is 2.10. The van der Waals surface area contributed by atoms with E-state index < -0.39 is 12.0 Å². The molecule has 0 saturated carbocycles. The molecule has 0 heterocycles. The summed E-state index contributed by atoms with van der Waals surface area (Å²) in [6, 6.07) is -0.718. The topological polar surface area (TPSA) is 66.6 Å². The van der Waals surface area contributed by atoms with E-state index in [1.165, 1.54) is 0 Å². The van der Waals surface area contributed by atoms with Crippen LogP contribution < -0.4 is 5.73 Å². The molecule has 4 nitrogen and oxygen atoms in total. The van der Waals surface area contributed by atoms with Gasteiger partial charge in [-0.25, -0.2) is 0 Å². The Balaban J connectivity index is 3.21. The van der Waals surface area contributed by atoms with Gasteiger partial charge in [0.15, 0.2) is 0 Å². The summed E-state index contributed by atoms with van der Waals surface area (Å²) in [6.07, 6.45) is 1.07. The van der Waals surface area contributed by atoms with Gasteiger partial charge in [-0.15, -0.1) is 0 Å². The van der Waals surface area contributed by atoms with E-state index in [1.54, 1.807) is 11.8 Å². The second-order valence-electron chi connectivity index (χ2n) is 3.18. The minimum Gasteiger partial charge on any atom is -0.480 e. The molecule has 0 fully saturated rings. The van der Waals surface area contributed by atoms with Crippen molar-refractivity contribution in [3.8, 4) is 0 Å². The molecular weight excluding hydrogens is 188 g/mol. The lowest BCUT2D eigenvalue weighted by Crippen LogP contribution is -2.32. The lowest BCUT2D eigenvalue weighted by atomic mass is 10.4. The Morgan fingerprint density at radius 2 is 2.23 bits per heavy atom. The predicted octanol–water partition coefficient (Wildman–Crippen LogP) is 0.0832. The largest absolute Gasteiger partial charge is 0.480 e. The summed E-state index contributed by atoms with van der Waals surface area (Å²) < 4.78 is 0. The Morgan fingerprint density at radius 3 is 2.69 bits per heavy atom. The van der Waals surface area contributed by atoms with Crippen molar-refractivity contribution in [2.24, 2.45) is 5.73 Å². The van der Waals surface area contributed by atoms with Crippen molar-refractivity contribution in [1.29, 1.82) is 0 Å². The lowest BCUT2D eigenvalue weighted by Gasteiger charge is -2.09. The van der Waals surface area contributed by atoms with Gasteiger partial charge < -0.3 is 15.7 Å². The van der Waals surface area contributed by atoms with Gasteiger partial charge >= 0.3 is 5.97 Å². The molecule has 0 aromatic rings. The number of carboxylic acid groups (broad SMARTS) is 1. The maximum atomic E-state index is 10.3. The van der Waals surface area contributed by atoms with Crippen molar-refractivity contribution in [2.45, 2.75) is 12.5 Å². The molecule has 0 saturated heterocycles. The second-order valence-corrected chi connectivity index (χ2v) is 4.33. The van der Waals surface area contributed by atoms with Crippen LogP contribution in [0.15, 0.2) is 0 Å². The summed E-state index contributed by atoms with van der Waals surface area (Å²) in [5.41, 5.74) is 5.33. The predicted molar refractivity (Wildman–Crippen MR) is 56.1 cm³/mol. The van der Waals surface area contributed by atoms with Gasteiger partial charge in [-0.1, -0.05) is 0 Å². The van der Waals surface area contributed by atoms with E-state index in [2.05, 4.69) is 4.90 Å². The van der Waals surface area contributed by atoms with Crippen molar-refractivity contribution >= 4 is 17.7 Å². The Labute approximate surface area is 83.5 Å². The molecule has 78 valence electrons. The van der Waals surface area contributed by atoms with Gasteiger partial charge in [0.25, 0.3) is 0 Å². The van der Waals surface area contributed by atoms with Crippen LogP contribution in [-0.4, -0.2) is 54.2 Å². The molecule has 5 heteroatoms. The van der Waals surface area contributed by atoms with Crippen LogP contribution in [-0.2, 0) is 4.79 Å². The first-order valence-electron chi connectivity index (χ1n) is 4.25. The van der Waals surface area contributed by atoms with Crippen LogP contribution >= 0.6 is 11.8 Å². The molecule has 3 N–H and O–H groups in total. The Bertz CT molecular complexity index is 153. The summed E-state index contributed by atoms with van der Waals surface area (Å²) in [4.78, 5) is 12.4. The fraction of sp³-hybridized carbons (Fsp3) is 0.875. The molecule has 1 atom stereocenters. The summed E-state index contributed by atoms with van der Waals surface area (Å²) in [5.74, 6) is 0.558. The highest BCUT2D eigenvalue weighted by atomic mass is 32.2. The van der Waals surface area contributed by atoms with Gasteiger partial charge in [0, 0.05) is 5.75 Å². The number of rotatable bonds is 7. The van der Waals surface area contributed by atoms with E-state index in [4.69, 9.17) is 10.8 Å². The van der Waals surface area contributed by atoms with Crippen LogP contribution in [0.4, 0.5) is 0 Å². The standard InChI is InChI=1S/C8H18N2O2S/c1-10(2)4-3-5-13-6-7(9)8(11)12/h7H,3-6,9H2,1-2H3,(H,11,12)/t7-/m1/s1. The average molecular weight is 206 g/mol. The van der Waals surface area contributed by atoms with E-state index in [-0.39, 0.29) is 0 Å². The number of hydrogen-bond acceptors (Lipinski definition) is 4. The quantitative estimate of drug-likeness (QED) is 0.578. The maximum Gasteiger partial charge on any atom is 0.321 e. The molecule has 0 aliphatic carbocycles. The van der Waals surface area contributed by atoms with Crippen LogP contribution in [0.5, 0.6) is 0 Å². The summed E-state index contributed by atoms with van der Waals surface area (Å²) in [7, 11) is 4.04. The van der Waals surface area contributed by atoms with E-state index in [1.807, 2.05) is 14.1 Å². The summed E-state index contributed by atoms with van der Waals surface area (Å²) >= 11 is 1.60. The van der Waals surface area contributed by atoms with Gasteiger partial charge in [-0.05, 0) is 32.8 Å². The first-order valence-corrected chi connectivity index (χ1v) is 5.40. The first-order chi connectivity index (χ1) is 6.04. The molecule has 0 aromatic carbocycles. The van der Waals surface area contributed by atoms with E-state index in [9.17, 15) is 4.79 Å². The molecule has 0 bridgehead atoms. The highest BCUT2D eigenvalue weighted by molar-refractivity contribution is 7.99. The van der Waals surface area contributed by atoms with Crippen molar-refractivity contribution in [1.82, 2.24) is 4.90 Å². The Hall–Kier alpha value is -0.260. The molecule has 0 spiro atoms. The third-order valence-corrected chi connectivity index (χ3v) is 2.68. The number of carbonyl (C=O) groups is 1. The van der Waals surface area contributed by atoms with E-state index in [0.717, 1.165) is 18.7 Å². The highest BCUT2D eigenvalue weighted by Crippen LogP contribution is 2.04. The zero-order chi connectivity index (χ0) is 10.3. The summed E-state index contributed by atoms with van der Waals surface area (Å²) in [5, 5.41) is 8.48. The minimum atomic E-state index is -0.917. The van der Waals surface area contributed by atoms with Crippen LogP contribution in [0, 0.1) is 0 Å². The zero-order valence-electron chi connectivity index (χ0n) is 8.19. The number of aliphatic carboxylic acids is 1. The molecule has 0 rings (SSSR count). The zero-order valence-corrected chi connectivity index (χ0v) is 9.01. The monoisotopic (exact) mass is 206 g/mol. The molecule has 0 aliphatic heterocycles. The molecule has 0 unspecified atom stereocenters. The molecule has 0 aromatic heterocycles. The van der Waals surface area contributed by atoms with Crippen molar-refractivity contribution in [2.75, 3.05) is 32.1 Å². The van der Waals surface area contributed by atoms with E-state index in [0.29, 0.717) is 5.75 Å². The fourth-order valence-corrected chi connectivity index (χ4v) is 1.66. The Kier molecular flexibility index (Phi) is 7.03. The van der Waals surface area contributed by atoms with Crippen LogP contribution in [0.3, 0.4) is 0 Å². The van der Waals surface area contributed by atoms with Crippen LogP contribution in [0.2, 0.25) is 0 Å². The molecule has 13 heavy (non-hydrogen) atoms. The van der Waals surface area contributed by atoms with Crippen LogP contribution in [0.25, 0.3) is 0 Å². The smallest absolute Gasteiger partial charge is 0.321 e. The minimum absolute atomic E-state index is 0.503. The van der Waals surface area contributed by atoms with E-state index >= 15 is 0 Å². The number of thioether (sulfide) groups is 1. The van der Waals surface area contributed by atoms with Crippen molar-refractivity contribution in [3.63, 3.8) is 0 Å². The maximum absolute atomic E-state index is 10.3. The second kappa shape index (κ2) is 7.17. The number of nitrogens with zero attached hydrogens (tertiary/aromatic N) is 1. The molecule has 0 amide bonds. The fourth-order valence-electron chi connectivity index (χ4n) is 0.764. The lowest BCUT2D eigenvalue weighted by molar-refractivity contribution is -0.137. The average Bonchev–Trinajstić information content (AvgIpc) is 2.02. The van der Waals surface area contributed by atoms with Gasteiger partial charge in [0.2, 0.25) is 0 Å². The van der Waals surface area contributed by atoms with Gasteiger partial charge in [0.05, 0.1) is 0 Å². The number of carboxylic acids is 1. The molecule has 0 radical (unpaired) electrons. The van der Waals surface area contributed by atoms with Crippen molar-refractivity contribution < 1.29 is 9.90 Å². The molecular formula is C8H18N2O2S. The third kappa shape index (κ3) is 8.08. The van der Waals surface area contributed by atoms with Gasteiger partial charge in [-0.3, -0.25) is 4.79 Å². The third-order valence-electron chi connectivity index (χ3n) is 1.51. The number of nitrogens with two attached hydrogens (primary N) is 1. The first kappa shape index (κ1) is 12.7. The van der Waals surface area contributed by atoms with Crippen molar-refractivity contribution in [3.05, 3.63) is 0 Å². The summed E-state index contributed by atoms with van der Waals surface area (Å²) in [6.45, 7) is 1.04. The van der Waals surface area contributed by atoms with Gasteiger partial charge in [0.1, 0.15) is 6.04 Å². The molecule has 0 aliphatic rings. The van der Waals surface area contributed by atoms with Crippen LogP contribution in [0.1, 0.15) is 6.42 Å².